The van der Waals surface area contributed by atoms with Crippen molar-refractivity contribution in [1.82, 2.24) is 4.90 Å². The van der Waals surface area contributed by atoms with Crippen molar-refractivity contribution in [3.63, 3.8) is 0 Å². The molecule has 0 aliphatic carbocycles. The molecule has 7 nitrogen and oxygen atoms in total. The average molecular weight is 378 g/mol. The molecule has 1 fully saturated rings. The van der Waals surface area contributed by atoms with E-state index >= 15 is 0 Å². The first-order valence-electron chi connectivity index (χ1n) is 8.19. The van der Waals surface area contributed by atoms with Gasteiger partial charge in [0, 0.05) is 14.1 Å². The van der Waals surface area contributed by atoms with Gasteiger partial charge in [-0.25, -0.2) is 4.79 Å². The van der Waals surface area contributed by atoms with Crippen molar-refractivity contribution in [3.05, 3.63) is 28.7 Å². The van der Waals surface area contributed by atoms with Crippen LogP contribution in [-0.4, -0.2) is 55.9 Å². The summed E-state index contributed by atoms with van der Waals surface area (Å²) in [6.45, 7) is 4.15. The molecule has 1 aliphatic heterocycles. The van der Waals surface area contributed by atoms with Crippen LogP contribution in [0.25, 0.3) is 6.08 Å². The molecular weight excluding hydrogens is 356 g/mol. The molecular formula is C18H22N2O5S. The molecule has 1 heterocycles. The highest BCUT2D eigenvalue weighted by Crippen LogP contribution is 2.34. The third kappa shape index (κ3) is 4.78. The molecule has 8 heteroatoms. The maximum absolute atomic E-state index is 12.2. The Kier molecular flexibility index (Phi) is 7.08. The molecule has 0 unspecified atom stereocenters. The predicted octanol–water partition coefficient (Wildman–Crippen LogP) is 2.56. The summed E-state index contributed by atoms with van der Waals surface area (Å²) in [4.78, 5) is 29.9. The van der Waals surface area contributed by atoms with E-state index in [9.17, 15) is 9.59 Å². The highest BCUT2D eigenvalue weighted by Gasteiger charge is 2.29. The second kappa shape index (κ2) is 9.28. The largest absolute Gasteiger partial charge is 0.490 e. The van der Waals surface area contributed by atoms with E-state index in [1.165, 1.54) is 16.7 Å². The lowest BCUT2D eigenvalue weighted by Crippen LogP contribution is -2.23. The first-order valence-corrected chi connectivity index (χ1v) is 9.01. The van der Waals surface area contributed by atoms with Crippen molar-refractivity contribution in [3.8, 4) is 11.5 Å². The van der Waals surface area contributed by atoms with E-state index in [-0.39, 0.29) is 12.5 Å². The molecule has 1 saturated heterocycles. The van der Waals surface area contributed by atoms with Gasteiger partial charge in [0.2, 0.25) is 0 Å². The van der Waals surface area contributed by atoms with Crippen LogP contribution in [0.3, 0.4) is 0 Å². The van der Waals surface area contributed by atoms with E-state index in [0.29, 0.717) is 34.8 Å². The quantitative estimate of drug-likeness (QED) is 0.536. The molecule has 26 heavy (non-hydrogen) atoms. The Hall–Kier alpha value is -2.48. The van der Waals surface area contributed by atoms with Crippen LogP contribution in [0.15, 0.2) is 28.1 Å². The number of amides is 1. The zero-order valence-electron chi connectivity index (χ0n) is 15.3. The second-order valence-corrected chi connectivity index (χ2v) is 6.22. The Balaban J connectivity index is 2.21. The van der Waals surface area contributed by atoms with Crippen LogP contribution in [0.1, 0.15) is 19.4 Å². The fourth-order valence-electron chi connectivity index (χ4n) is 2.24. The zero-order valence-corrected chi connectivity index (χ0v) is 16.1. The van der Waals surface area contributed by atoms with Crippen molar-refractivity contribution < 1.29 is 23.8 Å². The Bertz CT molecular complexity index is 745. The number of amidine groups is 1. The molecule has 1 aliphatic rings. The van der Waals surface area contributed by atoms with E-state index in [1.54, 1.807) is 45.3 Å². The van der Waals surface area contributed by atoms with E-state index in [4.69, 9.17) is 14.2 Å². The lowest BCUT2D eigenvalue weighted by molar-refractivity contribution is -0.145. The predicted molar refractivity (Wildman–Crippen MR) is 101 cm³/mol. The summed E-state index contributed by atoms with van der Waals surface area (Å²) in [6.07, 6.45) is 1.78. The van der Waals surface area contributed by atoms with Crippen molar-refractivity contribution in [2.45, 2.75) is 13.8 Å². The number of esters is 1. The van der Waals surface area contributed by atoms with Gasteiger partial charge in [0.15, 0.2) is 23.3 Å². The van der Waals surface area contributed by atoms with E-state index in [0.717, 1.165) is 5.56 Å². The van der Waals surface area contributed by atoms with Gasteiger partial charge in [0.05, 0.1) is 18.1 Å². The van der Waals surface area contributed by atoms with Crippen LogP contribution in [0.4, 0.5) is 0 Å². The Labute approximate surface area is 157 Å². The van der Waals surface area contributed by atoms with Crippen molar-refractivity contribution in [2.75, 3.05) is 33.9 Å². The molecule has 0 bridgehead atoms. The molecule has 0 aromatic heterocycles. The minimum Gasteiger partial charge on any atom is -0.490 e. The van der Waals surface area contributed by atoms with Crippen LogP contribution in [-0.2, 0) is 14.3 Å². The number of likely N-dealkylation sites (N-methyl/N-ethyl adjacent to an activating group) is 1. The van der Waals surface area contributed by atoms with Crippen molar-refractivity contribution in [1.29, 1.82) is 0 Å². The normalized spacial score (nSPS) is 17.1. The average Bonchev–Trinajstić information content (AvgIpc) is 2.89. The molecule has 0 atom stereocenters. The summed E-state index contributed by atoms with van der Waals surface area (Å²) >= 11 is 1.32. The van der Waals surface area contributed by atoms with Crippen LogP contribution < -0.4 is 9.47 Å². The van der Waals surface area contributed by atoms with Crippen molar-refractivity contribution in [2.24, 2.45) is 4.99 Å². The van der Waals surface area contributed by atoms with E-state index < -0.39 is 5.97 Å². The lowest BCUT2D eigenvalue weighted by Gasteiger charge is -2.12. The minimum atomic E-state index is -0.441. The smallest absolute Gasteiger partial charge is 0.344 e. The topological polar surface area (TPSA) is 77.4 Å². The second-order valence-electron chi connectivity index (χ2n) is 5.21. The van der Waals surface area contributed by atoms with Crippen molar-refractivity contribution >= 4 is 34.9 Å². The molecule has 0 saturated carbocycles. The highest BCUT2D eigenvalue weighted by atomic mass is 32.2. The number of hydrogen-bond donors (Lipinski definition) is 0. The van der Waals surface area contributed by atoms with Gasteiger partial charge in [-0.05, 0) is 49.4 Å². The summed E-state index contributed by atoms with van der Waals surface area (Å²) in [5.41, 5.74) is 0.790. The number of carbonyl (C=O) groups is 2. The SMILES string of the molecule is CCOC(=O)COc1ccc(/C=C2/SC(=NC)N(C)C2=O)cc1OCC. The van der Waals surface area contributed by atoms with E-state index in [1.807, 2.05) is 6.92 Å². The van der Waals surface area contributed by atoms with Crippen LogP contribution >= 0.6 is 11.8 Å². The number of ether oxygens (including phenoxy) is 3. The standard InChI is InChI=1S/C18H22N2O5S/c1-5-23-14-9-12(7-8-13(14)25-11-16(21)24-6-2)10-15-17(22)20(4)18(19-3)26-15/h7-10H,5-6,11H2,1-4H3/b15-10+,19-18?. The first kappa shape index (κ1) is 19.8. The number of thioether (sulfide) groups is 1. The molecule has 1 aromatic carbocycles. The molecule has 140 valence electrons. The van der Waals surface area contributed by atoms with Crippen LogP contribution in [0.5, 0.6) is 11.5 Å². The fraction of sp³-hybridized carbons (Fsp3) is 0.389. The van der Waals surface area contributed by atoms with Gasteiger partial charge in [-0.3, -0.25) is 14.7 Å². The molecule has 1 aromatic rings. The molecule has 0 radical (unpaired) electrons. The van der Waals surface area contributed by atoms with Crippen LogP contribution in [0, 0.1) is 0 Å². The number of hydrogen-bond acceptors (Lipinski definition) is 7. The molecule has 1 amide bonds. The van der Waals surface area contributed by atoms with Gasteiger partial charge in [-0.2, -0.15) is 0 Å². The number of benzene rings is 1. The third-order valence-corrected chi connectivity index (χ3v) is 4.56. The summed E-state index contributed by atoms with van der Waals surface area (Å²) in [7, 11) is 3.34. The van der Waals surface area contributed by atoms with E-state index in [2.05, 4.69) is 4.99 Å². The molecule has 0 spiro atoms. The third-order valence-electron chi connectivity index (χ3n) is 3.41. The Morgan fingerprint density at radius 1 is 1.23 bits per heavy atom. The summed E-state index contributed by atoms with van der Waals surface area (Å²) < 4.78 is 15.9. The van der Waals surface area contributed by atoms with Gasteiger partial charge in [-0.15, -0.1) is 0 Å². The number of aliphatic imine (C=N–C) groups is 1. The Morgan fingerprint density at radius 2 is 2.00 bits per heavy atom. The number of carbonyl (C=O) groups excluding carboxylic acids is 2. The Morgan fingerprint density at radius 3 is 2.62 bits per heavy atom. The lowest BCUT2D eigenvalue weighted by atomic mass is 10.2. The monoisotopic (exact) mass is 378 g/mol. The summed E-state index contributed by atoms with van der Waals surface area (Å²) in [6, 6.07) is 5.27. The van der Waals surface area contributed by atoms with Gasteiger partial charge in [-0.1, -0.05) is 6.07 Å². The van der Waals surface area contributed by atoms with Crippen LogP contribution in [0.2, 0.25) is 0 Å². The molecule has 2 rings (SSSR count). The van der Waals surface area contributed by atoms with Gasteiger partial charge in [0.1, 0.15) is 0 Å². The zero-order chi connectivity index (χ0) is 19.1. The highest BCUT2D eigenvalue weighted by molar-refractivity contribution is 8.18. The number of rotatable bonds is 7. The first-order chi connectivity index (χ1) is 12.5. The maximum atomic E-state index is 12.2. The summed E-state index contributed by atoms with van der Waals surface area (Å²) in [5, 5.41) is 0.653. The van der Waals surface area contributed by atoms with Gasteiger partial charge < -0.3 is 14.2 Å². The summed E-state index contributed by atoms with van der Waals surface area (Å²) in [5.74, 6) is 0.402. The minimum absolute atomic E-state index is 0.101. The fourth-order valence-corrected chi connectivity index (χ4v) is 3.17. The molecule has 0 N–H and O–H groups in total. The van der Waals surface area contributed by atoms with Gasteiger partial charge in [0.25, 0.3) is 5.91 Å². The maximum Gasteiger partial charge on any atom is 0.344 e. The van der Waals surface area contributed by atoms with Gasteiger partial charge >= 0.3 is 5.97 Å². The number of nitrogens with zero attached hydrogens (tertiary/aromatic N) is 2.